The summed E-state index contributed by atoms with van der Waals surface area (Å²) in [6.45, 7) is 3.18. The highest BCUT2D eigenvalue weighted by Crippen LogP contribution is 2.32. The van der Waals surface area contributed by atoms with Gasteiger partial charge >= 0.3 is 0 Å². The Morgan fingerprint density at radius 3 is 2.59 bits per heavy atom. The van der Waals surface area contributed by atoms with Crippen molar-refractivity contribution < 1.29 is 13.3 Å². The van der Waals surface area contributed by atoms with Crippen LogP contribution in [0.5, 0.6) is 5.75 Å². The average Bonchev–Trinajstić information content (AvgIpc) is 3.20. The number of hydrogen-bond acceptors (Lipinski definition) is 7. The number of anilines is 4. The van der Waals surface area contributed by atoms with Crippen LogP contribution in [0.25, 0.3) is 0 Å². The number of nitrogens with one attached hydrogen (secondary N) is 1. The molecule has 3 heterocycles. The molecule has 1 atom stereocenters. The molecule has 0 aliphatic carbocycles. The Hall–Kier alpha value is -3.20. The predicted octanol–water partition coefficient (Wildman–Crippen LogP) is 3.36. The Balaban J connectivity index is 1.38. The van der Waals surface area contributed by atoms with Crippen LogP contribution in [0.1, 0.15) is 5.69 Å². The molecular weight excluding hydrogens is 429 g/mol. The molecule has 1 unspecified atom stereocenters. The third-order valence-electron chi connectivity index (χ3n) is 5.74. The number of methoxy groups -OCH3 is 1. The summed E-state index contributed by atoms with van der Waals surface area (Å²) in [7, 11) is 0.516. The molecule has 1 fully saturated rings. The molecule has 2 aliphatic heterocycles. The first-order valence-electron chi connectivity index (χ1n) is 10.6. The van der Waals surface area contributed by atoms with Gasteiger partial charge in [0.15, 0.2) is 5.82 Å². The molecule has 0 bridgehead atoms. The fourth-order valence-corrected chi connectivity index (χ4v) is 5.39. The van der Waals surface area contributed by atoms with Gasteiger partial charge in [-0.15, -0.1) is 0 Å². The van der Waals surface area contributed by atoms with Crippen LogP contribution < -0.4 is 19.9 Å². The lowest BCUT2D eigenvalue weighted by Crippen LogP contribution is -2.47. The molecule has 1 saturated heterocycles. The normalized spacial score (nSPS) is 17.9. The van der Waals surface area contributed by atoms with Crippen molar-refractivity contribution in [3.63, 3.8) is 0 Å². The minimum Gasteiger partial charge on any atom is -0.497 e. The molecule has 7 nitrogen and oxygen atoms in total. The molecule has 1 aromatic heterocycles. The molecule has 0 spiro atoms. The molecule has 1 N–H and O–H groups in total. The van der Waals surface area contributed by atoms with E-state index in [1.807, 2.05) is 18.2 Å². The Morgan fingerprint density at radius 2 is 1.81 bits per heavy atom. The van der Waals surface area contributed by atoms with Crippen molar-refractivity contribution in [3.05, 3.63) is 60.0 Å². The molecule has 0 amide bonds. The van der Waals surface area contributed by atoms with Crippen LogP contribution >= 0.6 is 0 Å². The van der Waals surface area contributed by atoms with Crippen molar-refractivity contribution in [1.29, 1.82) is 0 Å². The van der Waals surface area contributed by atoms with Crippen molar-refractivity contribution in [3.8, 4) is 5.75 Å². The third kappa shape index (κ3) is 4.12. The molecule has 166 valence electrons. The third-order valence-corrected chi connectivity index (χ3v) is 7.20. The Kier molecular flexibility index (Phi) is 5.65. The minimum absolute atomic E-state index is 0.337. The van der Waals surface area contributed by atoms with Crippen molar-refractivity contribution in [2.45, 2.75) is 11.3 Å². The predicted molar refractivity (Wildman–Crippen MR) is 124 cm³/mol. The summed E-state index contributed by atoms with van der Waals surface area (Å²) < 4.78 is 31.6. The molecule has 0 radical (unpaired) electrons. The summed E-state index contributed by atoms with van der Waals surface area (Å²) in [4.78, 5) is 14.6. The minimum atomic E-state index is -1.16. The molecule has 32 heavy (non-hydrogen) atoms. The van der Waals surface area contributed by atoms with Gasteiger partial charge in [0, 0.05) is 55.8 Å². The van der Waals surface area contributed by atoms with E-state index in [0.29, 0.717) is 34.5 Å². The second-order valence-electron chi connectivity index (χ2n) is 7.76. The quantitative estimate of drug-likeness (QED) is 0.635. The SMILES string of the molecule is COc1cccc(N2CCN(c3nc4c(c(Nc5cccc(F)c5)n3)S(=O)CC4)CC2)c1. The summed E-state index contributed by atoms with van der Waals surface area (Å²) in [5.41, 5.74) is 2.51. The maximum absolute atomic E-state index is 13.7. The molecular formula is C23H24FN5O2S. The van der Waals surface area contributed by atoms with E-state index < -0.39 is 10.8 Å². The van der Waals surface area contributed by atoms with Gasteiger partial charge in [-0.1, -0.05) is 12.1 Å². The van der Waals surface area contributed by atoms with Crippen LogP contribution in [0.15, 0.2) is 53.4 Å². The van der Waals surface area contributed by atoms with E-state index in [1.165, 1.54) is 12.1 Å². The van der Waals surface area contributed by atoms with Gasteiger partial charge in [0.05, 0.1) is 23.6 Å². The van der Waals surface area contributed by atoms with Crippen molar-refractivity contribution >= 4 is 33.9 Å². The van der Waals surface area contributed by atoms with E-state index in [1.54, 1.807) is 19.2 Å². The zero-order chi connectivity index (χ0) is 22.1. The largest absolute Gasteiger partial charge is 0.497 e. The van der Waals surface area contributed by atoms with Crippen molar-refractivity contribution in [1.82, 2.24) is 9.97 Å². The van der Waals surface area contributed by atoms with E-state index in [0.717, 1.165) is 43.3 Å². The van der Waals surface area contributed by atoms with Gasteiger partial charge in [0.25, 0.3) is 0 Å². The molecule has 2 aromatic carbocycles. The van der Waals surface area contributed by atoms with Gasteiger partial charge in [0.2, 0.25) is 5.95 Å². The van der Waals surface area contributed by atoms with Gasteiger partial charge in [0.1, 0.15) is 16.5 Å². The van der Waals surface area contributed by atoms with E-state index >= 15 is 0 Å². The van der Waals surface area contributed by atoms with Crippen LogP contribution in [0.2, 0.25) is 0 Å². The maximum atomic E-state index is 13.7. The Morgan fingerprint density at radius 1 is 1.03 bits per heavy atom. The molecule has 9 heteroatoms. The van der Waals surface area contributed by atoms with Crippen LogP contribution in [0, 0.1) is 5.82 Å². The first-order chi connectivity index (χ1) is 15.6. The van der Waals surface area contributed by atoms with E-state index in [4.69, 9.17) is 14.7 Å². The van der Waals surface area contributed by atoms with Crippen LogP contribution in [0.4, 0.5) is 27.5 Å². The van der Waals surface area contributed by atoms with Gasteiger partial charge in [-0.05, 0) is 30.3 Å². The smallest absolute Gasteiger partial charge is 0.227 e. The van der Waals surface area contributed by atoms with Crippen LogP contribution in [-0.2, 0) is 17.2 Å². The number of aryl methyl sites for hydroxylation is 1. The first-order valence-corrected chi connectivity index (χ1v) is 11.9. The highest BCUT2D eigenvalue weighted by molar-refractivity contribution is 7.85. The fraction of sp³-hybridized carbons (Fsp3) is 0.304. The van der Waals surface area contributed by atoms with Gasteiger partial charge in [-0.3, -0.25) is 4.21 Å². The molecule has 5 rings (SSSR count). The lowest BCUT2D eigenvalue weighted by atomic mass is 10.2. The van der Waals surface area contributed by atoms with Crippen LogP contribution in [-0.4, -0.2) is 53.2 Å². The standard InChI is InChI=1S/C23H24FN5O2S/c1-31-19-7-3-6-18(15-19)28-9-11-29(12-10-28)23-26-20-8-13-32(30)21(20)22(27-23)25-17-5-2-4-16(24)14-17/h2-7,14-15H,8-13H2,1H3,(H,25,26,27). The molecule has 3 aromatic rings. The zero-order valence-corrected chi connectivity index (χ0v) is 18.6. The second kappa shape index (κ2) is 8.74. The van der Waals surface area contributed by atoms with Crippen LogP contribution in [0.3, 0.4) is 0 Å². The number of benzene rings is 2. The van der Waals surface area contributed by atoms with Crippen molar-refractivity contribution in [2.24, 2.45) is 0 Å². The van der Waals surface area contributed by atoms with Crippen molar-refractivity contribution in [2.75, 3.05) is 54.2 Å². The summed E-state index contributed by atoms with van der Waals surface area (Å²) in [6, 6.07) is 14.2. The van der Waals surface area contributed by atoms with E-state index in [-0.39, 0.29) is 5.82 Å². The molecule has 0 saturated carbocycles. The summed E-state index contributed by atoms with van der Waals surface area (Å²) >= 11 is 0. The highest BCUT2D eigenvalue weighted by Gasteiger charge is 2.28. The highest BCUT2D eigenvalue weighted by atomic mass is 32.2. The number of fused-ring (bicyclic) bond motifs is 1. The first kappa shape index (κ1) is 20.7. The number of ether oxygens (including phenoxy) is 1. The zero-order valence-electron chi connectivity index (χ0n) is 17.8. The number of rotatable bonds is 5. The Labute approximate surface area is 188 Å². The lowest BCUT2D eigenvalue weighted by Gasteiger charge is -2.36. The summed E-state index contributed by atoms with van der Waals surface area (Å²) in [5, 5.41) is 3.17. The Bertz CT molecular complexity index is 1170. The topological polar surface area (TPSA) is 70.6 Å². The lowest BCUT2D eigenvalue weighted by molar-refractivity contribution is 0.414. The summed E-state index contributed by atoms with van der Waals surface area (Å²) in [6.07, 6.45) is 0.652. The monoisotopic (exact) mass is 453 g/mol. The maximum Gasteiger partial charge on any atom is 0.227 e. The summed E-state index contributed by atoms with van der Waals surface area (Å²) in [5.74, 6) is 2.16. The fourth-order valence-electron chi connectivity index (χ4n) is 4.08. The van der Waals surface area contributed by atoms with E-state index in [2.05, 4.69) is 21.2 Å². The number of halogens is 1. The average molecular weight is 454 g/mol. The van der Waals surface area contributed by atoms with E-state index in [9.17, 15) is 8.60 Å². The number of nitrogens with zero attached hydrogens (tertiary/aromatic N) is 4. The number of aromatic nitrogens is 2. The van der Waals surface area contributed by atoms with Gasteiger partial charge < -0.3 is 19.9 Å². The van der Waals surface area contributed by atoms with Gasteiger partial charge in [-0.25, -0.2) is 9.37 Å². The second-order valence-corrected chi connectivity index (χ2v) is 9.27. The molecule has 2 aliphatic rings. The number of hydrogen-bond donors (Lipinski definition) is 1. The van der Waals surface area contributed by atoms with Gasteiger partial charge in [-0.2, -0.15) is 4.98 Å². The number of piperazine rings is 1.